The summed E-state index contributed by atoms with van der Waals surface area (Å²) in [6.45, 7) is 4.66. The van der Waals surface area contributed by atoms with Crippen molar-refractivity contribution in [1.29, 1.82) is 0 Å². The minimum atomic E-state index is 0.625. The van der Waals surface area contributed by atoms with Gasteiger partial charge in [0.2, 0.25) is 0 Å². The van der Waals surface area contributed by atoms with E-state index in [1.807, 2.05) is 0 Å². The third-order valence-electron chi connectivity index (χ3n) is 4.35. The fourth-order valence-electron chi connectivity index (χ4n) is 3.43. The molecule has 2 aliphatic heterocycles. The zero-order valence-corrected chi connectivity index (χ0v) is 11.3. The maximum Gasteiger partial charge on any atom is 0.121 e. The van der Waals surface area contributed by atoms with Crippen molar-refractivity contribution < 1.29 is 4.74 Å². The number of nitrogens with one attached hydrogen (secondary N) is 1. The molecule has 0 aromatic heterocycles. The van der Waals surface area contributed by atoms with Gasteiger partial charge in [-0.25, -0.2) is 0 Å². The van der Waals surface area contributed by atoms with Gasteiger partial charge in [-0.3, -0.25) is 4.90 Å². The van der Waals surface area contributed by atoms with Crippen LogP contribution in [0.1, 0.15) is 24.8 Å². The molecular weight excluding hydrogens is 224 g/mol. The van der Waals surface area contributed by atoms with Crippen LogP contribution in [0.15, 0.2) is 18.2 Å². The number of methoxy groups -OCH3 is 1. The first kappa shape index (κ1) is 11.8. The third kappa shape index (κ3) is 2.07. The number of ether oxygens (including phenoxy) is 1. The standard InChI is InChI=1S/C15H22N2O/c1-11-10-12(5-6-15(11)18-2)16-13-7-9-17-8-3-4-14(13)17/h5-6,10,13-14,16H,3-4,7-9H2,1-2H3. The Bertz CT molecular complexity index is 433. The molecule has 0 radical (unpaired) electrons. The molecule has 2 aliphatic rings. The number of hydrogen-bond acceptors (Lipinski definition) is 3. The van der Waals surface area contributed by atoms with Crippen LogP contribution < -0.4 is 10.1 Å². The highest BCUT2D eigenvalue weighted by Crippen LogP contribution is 2.31. The van der Waals surface area contributed by atoms with Crippen molar-refractivity contribution >= 4 is 5.69 Å². The van der Waals surface area contributed by atoms with E-state index in [1.165, 1.54) is 43.6 Å². The van der Waals surface area contributed by atoms with Gasteiger partial charge < -0.3 is 10.1 Å². The fourth-order valence-corrected chi connectivity index (χ4v) is 3.43. The van der Waals surface area contributed by atoms with E-state index in [0.717, 1.165) is 11.8 Å². The Labute approximate surface area is 109 Å². The molecule has 2 saturated heterocycles. The molecule has 3 nitrogen and oxygen atoms in total. The molecule has 0 bridgehead atoms. The smallest absolute Gasteiger partial charge is 0.121 e. The van der Waals surface area contributed by atoms with Crippen LogP contribution in [0.3, 0.4) is 0 Å². The molecule has 0 aliphatic carbocycles. The number of nitrogens with zero attached hydrogens (tertiary/aromatic N) is 1. The van der Waals surface area contributed by atoms with Crippen LogP contribution in [-0.4, -0.2) is 37.2 Å². The fraction of sp³-hybridized carbons (Fsp3) is 0.600. The molecule has 3 rings (SSSR count). The first-order valence-corrected chi connectivity index (χ1v) is 6.93. The average Bonchev–Trinajstić information content (AvgIpc) is 2.94. The summed E-state index contributed by atoms with van der Waals surface area (Å²) in [5.74, 6) is 0.967. The molecule has 0 amide bonds. The Morgan fingerprint density at radius 2 is 2.17 bits per heavy atom. The number of rotatable bonds is 3. The van der Waals surface area contributed by atoms with Crippen LogP contribution in [0.4, 0.5) is 5.69 Å². The van der Waals surface area contributed by atoms with Gasteiger partial charge in [0.15, 0.2) is 0 Å². The topological polar surface area (TPSA) is 24.5 Å². The minimum Gasteiger partial charge on any atom is -0.496 e. The number of fused-ring (bicyclic) bond motifs is 1. The van der Waals surface area contributed by atoms with E-state index in [0.29, 0.717) is 6.04 Å². The highest BCUT2D eigenvalue weighted by atomic mass is 16.5. The zero-order valence-electron chi connectivity index (χ0n) is 11.3. The number of hydrogen-bond donors (Lipinski definition) is 1. The summed E-state index contributed by atoms with van der Waals surface area (Å²) in [6.07, 6.45) is 3.99. The Morgan fingerprint density at radius 3 is 2.94 bits per heavy atom. The highest BCUT2D eigenvalue weighted by molar-refractivity contribution is 5.51. The van der Waals surface area contributed by atoms with Gasteiger partial charge in [-0.15, -0.1) is 0 Å². The quantitative estimate of drug-likeness (QED) is 0.887. The molecule has 1 aromatic carbocycles. The first-order chi connectivity index (χ1) is 8.78. The van der Waals surface area contributed by atoms with Crippen molar-refractivity contribution in [2.45, 2.75) is 38.3 Å². The summed E-state index contributed by atoms with van der Waals surface area (Å²) in [7, 11) is 1.73. The molecule has 1 aromatic rings. The van der Waals surface area contributed by atoms with E-state index in [-0.39, 0.29) is 0 Å². The van der Waals surface area contributed by atoms with Gasteiger partial charge in [-0.05, 0) is 56.5 Å². The van der Waals surface area contributed by atoms with Crippen molar-refractivity contribution in [3.8, 4) is 5.75 Å². The second kappa shape index (κ2) is 4.81. The second-order valence-corrected chi connectivity index (χ2v) is 5.47. The van der Waals surface area contributed by atoms with E-state index in [2.05, 4.69) is 35.3 Å². The van der Waals surface area contributed by atoms with Gasteiger partial charge >= 0.3 is 0 Å². The largest absolute Gasteiger partial charge is 0.496 e. The maximum atomic E-state index is 5.30. The van der Waals surface area contributed by atoms with Gasteiger partial charge in [-0.1, -0.05) is 0 Å². The Kier molecular flexibility index (Phi) is 3.16. The van der Waals surface area contributed by atoms with Crippen LogP contribution in [0.5, 0.6) is 5.75 Å². The number of aryl methyl sites for hydroxylation is 1. The molecule has 3 heteroatoms. The van der Waals surface area contributed by atoms with Crippen LogP contribution in [0.2, 0.25) is 0 Å². The molecule has 2 heterocycles. The summed E-state index contributed by atoms with van der Waals surface area (Å²) >= 11 is 0. The summed E-state index contributed by atoms with van der Waals surface area (Å²) in [5, 5.41) is 3.71. The molecule has 0 saturated carbocycles. The van der Waals surface area contributed by atoms with Gasteiger partial charge in [-0.2, -0.15) is 0 Å². The summed E-state index contributed by atoms with van der Waals surface area (Å²) < 4.78 is 5.30. The van der Waals surface area contributed by atoms with Crippen molar-refractivity contribution in [3.63, 3.8) is 0 Å². The Balaban J connectivity index is 1.71. The van der Waals surface area contributed by atoms with Crippen molar-refractivity contribution in [1.82, 2.24) is 4.90 Å². The average molecular weight is 246 g/mol. The van der Waals surface area contributed by atoms with Gasteiger partial charge in [0.05, 0.1) is 7.11 Å². The van der Waals surface area contributed by atoms with Gasteiger partial charge in [0.1, 0.15) is 5.75 Å². The number of anilines is 1. The minimum absolute atomic E-state index is 0.625. The third-order valence-corrected chi connectivity index (χ3v) is 4.35. The molecule has 2 fully saturated rings. The lowest BCUT2D eigenvalue weighted by Gasteiger charge is -2.22. The lowest BCUT2D eigenvalue weighted by molar-refractivity contribution is 0.318. The van der Waals surface area contributed by atoms with Gasteiger partial charge in [0.25, 0.3) is 0 Å². The second-order valence-electron chi connectivity index (χ2n) is 5.47. The molecule has 18 heavy (non-hydrogen) atoms. The van der Waals surface area contributed by atoms with Crippen LogP contribution in [0, 0.1) is 6.92 Å². The van der Waals surface area contributed by atoms with E-state index < -0.39 is 0 Å². The predicted octanol–water partition coefficient (Wildman–Crippen LogP) is 2.65. The lowest BCUT2D eigenvalue weighted by Crippen LogP contribution is -2.33. The molecule has 2 unspecified atom stereocenters. The molecule has 2 atom stereocenters. The lowest BCUT2D eigenvalue weighted by atomic mass is 10.1. The molecule has 98 valence electrons. The normalized spacial score (nSPS) is 27.2. The Hall–Kier alpha value is -1.22. The summed E-state index contributed by atoms with van der Waals surface area (Å²) in [6, 6.07) is 7.76. The summed E-state index contributed by atoms with van der Waals surface area (Å²) in [4.78, 5) is 2.63. The maximum absolute atomic E-state index is 5.30. The molecule has 0 spiro atoms. The zero-order chi connectivity index (χ0) is 12.5. The number of benzene rings is 1. The molecular formula is C15H22N2O. The summed E-state index contributed by atoms with van der Waals surface area (Å²) in [5.41, 5.74) is 2.43. The van der Waals surface area contributed by atoms with Crippen molar-refractivity contribution in [3.05, 3.63) is 23.8 Å². The van der Waals surface area contributed by atoms with E-state index in [9.17, 15) is 0 Å². The van der Waals surface area contributed by atoms with E-state index in [4.69, 9.17) is 4.74 Å². The van der Waals surface area contributed by atoms with Crippen molar-refractivity contribution in [2.24, 2.45) is 0 Å². The Morgan fingerprint density at radius 1 is 1.28 bits per heavy atom. The van der Waals surface area contributed by atoms with Crippen LogP contribution in [0.25, 0.3) is 0 Å². The van der Waals surface area contributed by atoms with E-state index >= 15 is 0 Å². The molecule has 1 N–H and O–H groups in total. The van der Waals surface area contributed by atoms with E-state index in [1.54, 1.807) is 7.11 Å². The monoisotopic (exact) mass is 246 g/mol. The van der Waals surface area contributed by atoms with Gasteiger partial charge in [0, 0.05) is 24.3 Å². The van der Waals surface area contributed by atoms with Crippen LogP contribution in [-0.2, 0) is 0 Å². The predicted molar refractivity (Wildman–Crippen MR) is 74.4 cm³/mol. The van der Waals surface area contributed by atoms with Crippen LogP contribution >= 0.6 is 0 Å². The van der Waals surface area contributed by atoms with Crippen molar-refractivity contribution in [2.75, 3.05) is 25.5 Å². The SMILES string of the molecule is COc1ccc(NC2CCN3CCCC23)cc1C. The first-order valence-electron chi connectivity index (χ1n) is 6.93. The highest BCUT2D eigenvalue weighted by Gasteiger charge is 2.36.